The second-order valence-corrected chi connectivity index (χ2v) is 9.39. The first-order valence-electron chi connectivity index (χ1n) is 9.13. The summed E-state index contributed by atoms with van der Waals surface area (Å²) >= 11 is 0. The quantitative estimate of drug-likeness (QED) is 0.652. The average Bonchev–Trinajstić information content (AvgIpc) is 2.65. The van der Waals surface area contributed by atoms with E-state index in [1.807, 2.05) is 6.07 Å². The van der Waals surface area contributed by atoms with Gasteiger partial charge in [0.25, 0.3) is 0 Å². The van der Waals surface area contributed by atoms with Gasteiger partial charge in [-0.05, 0) is 43.7 Å². The maximum Gasteiger partial charge on any atom is 0.222 e. The highest BCUT2D eigenvalue weighted by molar-refractivity contribution is 7.90. The standard InChI is InChI=1S/C18H26N6O3S/c1-27-17-13(4-3-9-21-17)15-14(19)16(24-18(20)23-15)22-12-7-5-11(6-8-12)10-28(2,25)26/h3-4,9,11-12H,5-8,10,19H2,1-2H3,(H3,20,22,23,24)/t11-,12-. The summed E-state index contributed by atoms with van der Waals surface area (Å²) in [5.41, 5.74) is 13.7. The van der Waals surface area contributed by atoms with Gasteiger partial charge in [-0.1, -0.05) is 0 Å². The molecule has 0 saturated heterocycles. The van der Waals surface area contributed by atoms with E-state index in [4.69, 9.17) is 16.2 Å². The third-order valence-corrected chi connectivity index (χ3v) is 5.99. The summed E-state index contributed by atoms with van der Waals surface area (Å²) in [5, 5.41) is 3.35. The van der Waals surface area contributed by atoms with Crippen molar-refractivity contribution in [2.45, 2.75) is 31.7 Å². The normalized spacial score (nSPS) is 19.9. The van der Waals surface area contributed by atoms with Crippen molar-refractivity contribution >= 4 is 27.3 Å². The van der Waals surface area contributed by atoms with Crippen molar-refractivity contribution in [3.63, 3.8) is 0 Å². The first kappa shape index (κ1) is 20.1. The number of nitrogens with one attached hydrogen (secondary N) is 1. The van der Waals surface area contributed by atoms with E-state index in [1.54, 1.807) is 12.3 Å². The van der Waals surface area contributed by atoms with Gasteiger partial charge in [-0.15, -0.1) is 0 Å². The van der Waals surface area contributed by atoms with Crippen LogP contribution in [0.25, 0.3) is 11.3 Å². The average molecular weight is 407 g/mol. The second kappa shape index (κ2) is 8.17. The van der Waals surface area contributed by atoms with Crippen LogP contribution in [0.1, 0.15) is 25.7 Å². The van der Waals surface area contributed by atoms with Gasteiger partial charge < -0.3 is 21.5 Å². The van der Waals surface area contributed by atoms with E-state index in [1.165, 1.54) is 13.4 Å². The molecule has 0 radical (unpaired) electrons. The summed E-state index contributed by atoms with van der Waals surface area (Å²) in [5.74, 6) is 1.42. The van der Waals surface area contributed by atoms with Crippen LogP contribution in [0.3, 0.4) is 0 Å². The smallest absolute Gasteiger partial charge is 0.222 e. The molecule has 1 saturated carbocycles. The molecule has 10 heteroatoms. The zero-order valence-corrected chi connectivity index (χ0v) is 16.9. The predicted octanol–water partition coefficient (Wildman–Crippen LogP) is 1.73. The van der Waals surface area contributed by atoms with Gasteiger partial charge in [0, 0.05) is 18.5 Å². The molecule has 0 bridgehead atoms. The van der Waals surface area contributed by atoms with Crippen molar-refractivity contribution in [1.29, 1.82) is 0 Å². The fourth-order valence-corrected chi connectivity index (χ4v) is 4.82. The lowest BCUT2D eigenvalue weighted by atomic mass is 9.87. The molecule has 2 aromatic heterocycles. The Labute approximate surface area is 164 Å². The summed E-state index contributed by atoms with van der Waals surface area (Å²) in [6.07, 6.45) is 6.28. The lowest BCUT2D eigenvalue weighted by Crippen LogP contribution is -2.29. The maximum absolute atomic E-state index is 11.5. The molecule has 1 fully saturated rings. The van der Waals surface area contributed by atoms with E-state index in [9.17, 15) is 8.42 Å². The number of hydrogen-bond donors (Lipinski definition) is 3. The SMILES string of the molecule is COc1ncccc1-c1nc(N)nc(N[C@H]2CC[C@H](CS(C)(=O)=O)CC2)c1N. The molecule has 1 aliphatic rings. The van der Waals surface area contributed by atoms with Crippen molar-refractivity contribution in [3.05, 3.63) is 18.3 Å². The number of nitrogens with zero attached hydrogens (tertiary/aromatic N) is 3. The number of hydrogen-bond acceptors (Lipinski definition) is 9. The minimum absolute atomic E-state index is 0.100. The first-order valence-corrected chi connectivity index (χ1v) is 11.2. The molecule has 0 spiro atoms. The highest BCUT2D eigenvalue weighted by Crippen LogP contribution is 2.35. The molecule has 9 nitrogen and oxygen atoms in total. The van der Waals surface area contributed by atoms with Crippen LogP contribution in [0.15, 0.2) is 18.3 Å². The second-order valence-electron chi connectivity index (χ2n) is 7.21. The number of rotatable bonds is 6. The monoisotopic (exact) mass is 406 g/mol. The van der Waals surface area contributed by atoms with Crippen LogP contribution in [-0.2, 0) is 9.84 Å². The molecule has 1 aliphatic carbocycles. The molecular weight excluding hydrogens is 380 g/mol. The number of nitrogen functional groups attached to an aromatic ring is 2. The van der Waals surface area contributed by atoms with Crippen LogP contribution in [0.5, 0.6) is 5.88 Å². The van der Waals surface area contributed by atoms with Crippen LogP contribution in [0, 0.1) is 5.92 Å². The Kier molecular flexibility index (Phi) is 5.87. The molecular formula is C18H26N6O3S. The highest BCUT2D eigenvalue weighted by atomic mass is 32.2. The Bertz CT molecular complexity index is 942. The third kappa shape index (κ3) is 4.80. The number of anilines is 3. The molecule has 0 amide bonds. The van der Waals surface area contributed by atoms with E-state index in [2.05, 4.69) is 20.3 Å². The number of methoxy groups -OCH3 is 1. The largest absolute Gasteiger partial charge is 0.481 e. The Morgan fingerprint density at radius 3 is 2.57 bits per heavy atom. The molecule has 152 valence electrons. The predicted molar refractivity (Wildman–Crippen MR) is 110 cm³/mol. The van der Waals surface area contributed by atoms with E-state index in [0.29, 0.717) is 28.6 Å². The van der Waals surface area contributed by atoms with Gasteiger partial charge >= 0.3 is 0 Å². The van der Waals surface area contributed by atoms with Gasteiger partial charge in [0.05, 0.1) is 18.4 Å². The van der Waals surface area contributed by atoms with Crippen LogP contribution >= 0.6 is 0 Å². The lowest BCUT2D eigenvalue weighted by molar-refractivity contribution is 0.361. The van der Waals surface area contributed by atoms with E-state index < -0.39 is 9.84 Å². The Morgan fingerprint density at radius 2 is 1.93 bits per heavy atom. The Morgan fingerprint density at radius 1 is 1.21 bits per heavy atom. The van der Waals surface area contributed by atoms with Crippen LogP contribution in [0.2, 0.25) is 0 Å². The molecule has 3 rings (SSSR count). The van der Waals surface area contributed by atoms with Gasteiger partial charge in [0.1, 0.15) is 21.2 Å². The van der Waals surface area contributed by atoms with Gasteiger partial charge in [0.15, 0.2) is 5.82 Å². The van der Waals surface area contributed by atoms with Gasteiger partial charge in [-0.25, -0.2) is 18.4 Å². The maximum atomic E-state index is 11.5. The van der Waals surface area contributed by atoms with Crippen LogP contribution in [0.4, 0.5) is 17.5 Å². The lowest BCUT2D eigenvalue weighted by Gasteiger charge is -2.29. The third-order valence-electron chi connectivity index (χ3n) is 4.91. The number of ether oxygens (including phenoxy) is 1. The number of pyridine rings is 1. The molecule has 0 aliphatic heterocycles. The van der Waals surface area contributed by atoms with Crippen molar-refractivity contribution < 1.29 is 13.2 Å². The summed E-state index contributed by atoms with van der Waals surface area (Å²) in [6, 6.07) is 3.73. The zero-order valence-electron chi connectivity index (χ0n) is 16.1. The highest BCUT2D eigenvalue weighted by Gasteiger charge is 2.25. The number of sulfone groups is 1. The first-order chi connectivity index (χ1) is 13.3. The Balaban J connectivity index is 1.78. The van der Waals surface area contributed by atoms with E-state index in [0.717, 1.165) is 25.7 Å². The molecule has 28 heavy (non-hydrogen) atoms. The molecule has 2 heterocycles. The van der Waals surface area contributed by atoms with Gasteiger partial charge in [0.2, 0.25) is 11.8 Å². The summed E-state index contributed by atoms with van der Waals surface area (Å²) in [4.78, 5) is 12.7. The fourth-order valence-electron chi connectivity index (χ4n) is 3.63. The molecule has 0 atom stereocenters. The van der Waals surface area contributed by atoms with E-state index in [-0.39, 0.29) is 23.7 Å². The van der Waals surface area contributed by atoms with Gasteiger partial charge in [-0.3, -0.25) is 0 Å². The summed E-state index contributed by atoms with van der Waals surface area (Å²) < 4.78 is 28.3. The topological polar surface area (TPSA) is 146 Å². The van der Waals surface area contributed by atoms with Gasteiger partial charge in [-0.2, -0.15) is 4.98 Å². The van der Waals surface area contributed by atoms with Crippen molar-refractivity contribution in [1.82, 2.24) is 15.0 Å². The zero-order chi connectivity index (χ0) is 20.3. The molecule has 0 unspecified atom stereocenters. The van der Waals surface area contributed by atoms with Crippen LogP contribution in [-0.4, -0.2) is 48.5 Å². The van der Waals surface area contributed by atoms with Crippen molar-refractivity contribution in [2.75, 3.05) is 35.9 Å². The fraction of sp³-hybridized carbons (Fsp3) is 0.500. The molecule has 5 N–H and O–H groups in total. The van der Waals surface area contributed by atoms with E-state index >= 15 is 0 Å². The summed E-state index contributed by atoms with van der Waals surface area (Å²) in [7, 11) is -1.42. The molecule has 2 aromatic rings. The van der Waals surface area contributed by atoms with Crippen LogP contribution < -0.4 is 21.5 Å². The summed E-state index contributed by atoms with van der Waals surface area (Å²) in [6.45, 7) is 0. The minimum Gasteiger partial charge on any atom is -0.481 e. The van der Waals surface area contributed by atoms with Crippen molar-refractivity contribution in [3.8, 4) is 17.1 Å². The van der Waals surface area contributed by atoms with Crippen molar-refractivity contribution in [2.24, 2.45) is 5.92 Å². The minimum atomic E-state index is -2.95. The molecule has 0 aromatic carbocycles. The Hall–Kier alpha value is -2.62. The number of nitrogens with two attached hydrogens (primary N) is 2. The number of aromatic nitrogens is 3.